The summed E-state index contributed by atoms with van der Waals surface area (Å²) in [6, 6.07) is 0.296. The standard InChI is InChI=1S/C14H25N3S/c1-12(14-13(2)16-9-10-17-14)15-8-6-4-5-7-11-18-3/h9-10,12,15H,4-8,11H2,1-3H3. The third-order valence-corrected chi connectivity index (χ3v) is 3.75. The second kappa shape index (κ2) is 9.34. The summed E-state index contributed by atoms with van der Waals surface area (Å²) in [6.07, 6.45) is 10.9. The zero-order chi connectivity index (χ0) is 13.2. The molecule has 4 heteroatoms. The smallest absolute Gasteiger partial charge is 0.0782 e. The lowest BCUT2D eigenvalue weighted by molar-refractivity contribution is 0.525. The Kier molecular flexibility index (Phi) is 8.01. The fraction of sp³-hybridized carbons (Fsp3) is 0.714. The summed E-state index contributed by atoms with van der Waals surface area (Å²) < 4.78 is 0. The molecule has 0 saturated carbocycles. The molecule has 0 saturated heterocycles. The van der Waals surface area contributed by atoms with Gasteiger partial charge in [0.15, 0.2) is 0 Å². The minimum atomic E-state index is 0.296. The minimum Gasteiger partial charge on any atom is -0.309 e. The van der Waals surface area contributed by atoms with Crippen LogP contribution in [-0.4, -0.2) is 28.5 Å². The maximum absolute atomic E-state index is 4.39. The third-order valence-electron chi connectivity index (χ3n) is 3.06. The van der Waals surface area contributed by atoms with Gasteiger partial charge in [-0.05, 0) is 45.2 Å². The van der Waals surface area contributed by atoms with Crippen LogP contribution in [0, 0.1) is 6.92 Å². The highest BCUT2D eigenvalue weighted by molar-refractivity contribution is 7.98. The van der Waals surface area contributed by atoms with Crippen molar-refractivity contribution in [1.29, 1.82) is 0 Å². The summed E-state index contributed by atoms with van der Waals surface area (Å²) in [4.78, 5) is 8.66. The first-order valence-electron chi connectivity index (χ1n) is 6.75. The van der Waals surface area contributed by atoms with E-state index in [0.717, 1.165) is 17.9 Å². The van der Waals surface area contributed by atoms with E-state index in [9.17, 15) is 0 Å². The molecule has 0 fully saturated rings. The van der Waals surface area contributed by atoms with Crippen LogP contribution in [0.5, 0.6) is 0 Å². The first-order chi connectivity index (χ1) is 8.75. The molecule has 0 bridgehead atoms. The van der Waals surface area contributed by atoms with E-state index in [1.165, 1.54) is 31.4 Å². The predicted molar refractivity (Wildman–Crippen MR) is 80.0 cm³/mol. The van der Waals surface area contributed by atoms with Gasteiger partial charge in [-0.1, -0.05) is 12.8 Å². The van der Waals surface area contributed by atoms with Gasteiger partial charge in [-0.3, -0.25) is 9.97 Å². The number of nitrogens with zero attached hydrogens (tertiary/aromatic N) is 2. The van der Waals surface area contributed by atoms with Gasteiger partial charge in [-0.25, -0.2) is 0 Å². The van der Waals surface area contributed by atoms with Crippen LogP contribution in [0.3, 0.4) is 0 Å². The summed E-state index contributed by atoms with van der Waals surface area (Å²) in [5.41, 5.74) is 2.09. The van der Waals surface area contributed by atoms with Gasteiger partial charge in [0, 0.05) is 18.4 Å². The molecule has 0 spiro atoms. The van der Waals surface area contributed by atoms with Crippen LogP contribution < -0.4 is 5.32 Å². The highest BCUT2D eigenvalue weighted by Gasteiger charge is 2.08. The first kappa shape index (κ1) is 15.4. The minimum absolute atomic E-state index is 0.296. The summed E-state index contributed by atoms with van der Waals surface area (Å²) >= 11 is 1.94. The average Bonchev–Trinajstić information content (AvgIpc) is 2.38. The Morgan fingerprint density at radius 1 is 1.17 bits per heavy atom. The van der Waals surface area contributed by atoms with Gasteiger partial charge in [0.2, 0.25) is 0 Å². The third kappa shape index (κ3) is 5.83. The molecule has 1 atom stereocenters. The highest BCUT2D eigenvalue weighted by Crippen LogP contribution is 2.11. The van der Waals surface area contributed by atoms with E-state index in [-0.39, 0.29) is 0 Å². The van der Waals surface area contributed by atoms with Gasteiger partial charge in [0.05, 0.1) is 11.4 Å². The average molecular weight is 267 g/mol. The van der Waals surface area contributed by atoms with Crippen molar-refractivity contribution in [2.45, 2.75) is 45.6 Å². The normalized spacial score (nSPS) is 12.6. The number of aromatic nitrogens is 2. The van der Waals surface area contributed by atoms with Gasteiger partial charge in [-0.15, -0.1) is 0 Å². The first-order valence-corrected chi connectivity index (χ1v) is 8.15. The molecule has 102 valence electrons. The Hall–Kier alpha value is -0.610. The van der Waals surface area contributed by atoms with Crippen LogP contribution in [-0.2, 0) is 0 Å². The molecule has 0 aliphatic carbocycles. The SMILES string of the molecule is CSCCCCCCNC(C)c1nccnc1C. The van der Waals surface area contributed by atoms with Crippen LogP contribution in [0.2, 0.25) is 0 Å². The molecular formula is C14H25N3S. The highest BCUT2D eigenvalue weighted by atomic mass is 32.2. The number of hydrogen-bond donors (Lipinski definition) is 1. The Morgan fingerprint density at radius 3 is 2.61 bits per heavy atom. The molecule has 0 radical (unpaired) electrons. The molecule has 1 heterocycles. The van der Waals surface area contributed by atoms with E-state index in [1.54, 1.807) is 12.4 Å². The number of rotatable bonds is 9. The zero-order valence-corrected chi connectivity index (χ0v) is 12.6. The molecule has 0 aliphatic heterocycles. The number of thioether (sulfide) groups is 1. The second-order valence-electron chi connectivity index (χ2n) is 4.61. The van der Waals surface area contributed by atoms with Crippen LogP contribution in [0.15, 0.2) is 12.4 Å². The second-order valence-corrected chi connectivity index (χ2v) is 5.60. The lowest BCUT2D eigenvalue weighted by atomic mass is 10.1. The Labute approximate surface area is 115 Å². The molecule has 1 aromatic heterocycles. The molecule has 3 nitrogen and oxygen atoms in total. The van der Waals surface area contributed by atoms with Crippen molar-refractivity contribution in [3.8, 4) is 0 Å². The lowest BCUT2D eigenvalue weighted by Gasteiger charge is -2.14. The molecule has 0 amide bonds. The van der Waals surface area contributed by atoms with Gasteiger partial charge in [0.1, 0.15) is 0 Å². The Balaban J connectivity index is 2.14. The van der Waals surface area contributed by atoms with Crippen molar-refractivity contribution in [1.82, 2.24) is 15.3 Å². The van der Waals surface area contributed by atoms with Crippen molar-refractivity contribution >= 4 is 11.8 Å². The monoisotopic (exact) mass is 267 g/mol. The molecule has 1 N–H and O–H groups in total. The number of unbranched alkanes of at least 4 members (excludes halogenated alkanes) is 3. The molecular weight excluding hydrogens is 242 g/mol. The molecule has 0 aliphatic rings. The van der Waals surface area contributed by atoms with Gasteiger partial charge in [-0.2, -0.15) is 11.8 Å². The summed E-state index contributed by atoms with van der Waals surface area (Å²) in [5, 5.41) is 3.52. The Morgan fingerprint density at radius 2 is 1.89 bits per heavy atom. The van der Waals surface area contributed by atoms with Crippen molar-refractivity contribution in [3.63, 3.8) is 0 Å². The van der Waals surface area contributed by atoms with Crippen LogP contribution >= 0.6 is 11.8 Å². The number of hydrogen-bond acceptors (Lipinski definition) is 4. The number of aryl methyl sites for hydroxylation is 1. The molecule has 1 aromatic rings. The van der Waals surface area contributed by atoms with Gasteiger partial charge >= 0.3 is 0 Å². The van der Waals surface area contributed by atoms with E-state index < -0.39 is 0 Å². The summed E-state index contributed by atoms with van der Waals surface area (Å²) in [6.45, 7) is 5.24. The maximum Gasteiger partial charge on any atom is 0.0782 e. The lowest BCUT2D eigenvalue weighted by Crippen LogP contribution is -2.21. The predicted octanol–water partition coefficient (Wildman–Crippen LogP) is 3.36. The summed E-state index contributed by atoms with van der Waals surface area (Å²) in [7, 11) is 0. The molecule has 0 aromatic carbocycles. The summed E-state index contributed by atoms with van der Waals surface area (Å²) in [5.74, 6) is 1.29. The van der Waals surface area contributed by atoms with E-state index in [1.807, 2.05) is 18.7 Å². The zero-order valence-electron chi connectivity index (χ0n) is 11.8. The quantitative estimate of drug-likeness (QED) is 0.696. The van der Waals surface area contributed by atoms with E-state index in [0.29, 0.717) is 6.04 Å². The fourth-order valence-corrected chi connectivity index (χ4v) is 2.48. The molecule has 1 unspecified atom stereocenters. The van der Waals surface area contributed by atoms with Crippen molar-refractivity contribution in [3.05, 3.63) is 23.8 Å². The Bertz CT molecular complexity index is 331. The van der Waals surface area contributed by atoms with E-state index >= 15 is 0 Å². The molecule has 18 heavy (non-hydrogen) atoms. The molecule has 1 rings (SSSR count). The van der Waals surface area contributed by atoms with Gasteiger partial charge in [0.25, 0.3) is 0 Å². The largest absolute Gasteiger partial charge is 0.309 e. The van der Waals surface area contributed by atoms with E-state index in [2.05, 4.69) is 28.5 Å². The van der Waals surface area contributed by atoms with Crippen molar-refractivity contribution < 1.29 is 0 Å². The maximum atomic E-state index is 4.39. The van der Waals surface area contributed by atoms with Gasteiger partial charge < -0.3 is 5.32 Å². The van der Waals surface area contributed by atoms with Crippen LogP contribution in [0.4, 0.5) is 0 Å². The van der Waals surface area contributed by atoms with Crippen LogP contribution in [0.25, 0.3) is 0 Å². The van der Waals surface area contributed by atoms with Crippen molar-refractivity contribution in [2.75, 3.05) is 18.6 Å². The fourth-order valence-electron chi connectivity index (χ4n) is 1.98. The van der Waals surface area contributed by atoms with Crippen LogP contribution in [0.1, 0.15) is 50.0 Å². The van der Waals surface area contributed by atoms with Crippen molar-refractivity contribution in [2.24, 2.45) is 0 Å². The van der Waals surface area contributed by atoms with E-state index in [4.69, 9.17) is 0 Å². The number of nitrogens with one attached hydrogen (secondary N) is 1. The topological polar surface area (TPSA) is 37.8 Å².